The van der Waals surface area contributed by atoms with Crippen molar-refractivity contribution in [2.24, 2.45) is 5.10 Å². The number of thiophene rings is 1. The minimum absolute atomic E-state index is 0.0701. The molecular formula is C21H15Cl2N3O2S. The second-order valence-electron chi connectivity index (χ2n) is 5.76. The van der Waals surface area contributed by atoms with Crippen molar-refractivity contribution < 1.29 is 9.59 Å². The van der Waals surface area contributed by atoms with Crippen LogP contribution >= 0.6 is 34.5 Å². The van der Waals surface area contributed by atoms with Crippen molar-refractivity contribution in [1.82, 2.24) is 10.7 Å². The Kier molecular flexibility index (Phi) is 7.19. The summed E-state index contributed by atoms with van der Waals surface area (Å²) >= 11 is 13.4. The molecule has 0 saturated carbocycles. The van der Waals surface area contributed by atoms with Gasteiger partial charge in [-0.3, -0.25) is 9.59 Å². The van der Waals surface area contributed by atoms with Crippen LogP contribution in [0.4, 0.5) is 0 Å². The molecule has 0 aliphatic rings. The molecule has 0 aliphatic heterocycles. The number of hydrazone groups is 1. The highest BCUT2D eigenvalue weighted by molar-refractivity contribution is 7.10. The first-order valence-corrected chi connectivity index (χ1v) is 10.1. The van der Waals surface area contributed by atoms with Crippen molar-refractivity contribution in [3.63, 3.8) is 0 Å². The standard InChI is InChI=1S/C21H15Cl2N3O2S/c22-16-9-8-15(18(23)11-16)13-24-26-21(28)19(12-17-7-4-10-29-17)25-20(27)14-5-2-1-3-6-14/h1-13H,(H,25,27)(H,26,28)/b19-12+,24-13+. The highest BCUT2D eigenvalue weighted by Crippen LogP contribution is 2.19. The Morgan fingerprint density at radius 3 is 2.48 bits per heavy atom. The van der Waals surface area contributed by atoms with E-state index in [2.05, 4.69) is 15.8 Å². The number of amides is 2. The summed E-state index contributed by atoms with van der Waals surface area (Å²) in [4.78, 5) is 25.9. The fourth-order valence-electron chi connectivity index (χ4n) is 2.28. The zero-order chi connectivity index (χ0) is 20.6. The molecule has 1 aromatic heterocycles. The van der Waals surface area contributed by atoms with E-state index in [0.29, 0.717) is 21.2 Å². The molecule has 0 fully saturated rings. The number of benzene rings is 2. The van der Waals surface area contributed by atoms with Crippen LogP contribution < -0.4 is 10.7 Å². The van der Waals surface area contributed by atoms with Gasteiger partial charge in [0.15, 0.2) is 0 Å². The molecule has 2 N–H and O–H groups in total. The number of carbonyl (C=O) groups excluding carboxylic acids is 2. The minimum Gasteiger partial charge on any atom is -0.317 e. The van der Waals surface area contributed by atoms with Crippen LogP contribution in [0.2, 0.25) is 10.0 Å². The highest BCUT2D eigenvalue weighted by Gasteiger charge is 2.14. The van der Waals surface area contributed by atoms with Gasteiger partial charge in [0.05, 0.1) is 11.2 Å². The van der Waals surface area contributed by atoms with E-state index in [1.807, 2.05) is 23.6 Å². The molecule has 0 bridgehead atoms. The van der Waals surface area contributed by atoms with E-state index in [0.717, 1.165) is 4.88 Å². The van der Waals surface area contributed by atoms with Gasteiger partial charge in [-0.05, 0) is 41.8 Å². The molecule has 29 heavy (non-hydrogen) atoms. The number of halogens is 2. The number of rotatable bonds is 6. The van der Waals surface area contributed by atoms with Crippen LogP contribution in [0.25, 0.3) is 6.08 Å². The van der Waals surface area contributed by atoms with Crippen molar-refractivity contribution in [3.8, 4) is 0 Å². The smallest absolute Gasteiger partial charge is 0.287 e. The molecule has 3 rings (SSSR count). The van der Waals surface area contributed by atoms with Crippen LogP contribution in [0.1, 0.15) is 20.8 Å². The molecule has 2 amide bonds. The van der Waals surface area contributed by atoms with E-state index < -0.39 is 11.8 Å². The van der Waals surface area contributed by atoms with E-state index >= 15 is 0 Å². The zero-order valence-electron chi connectivity index (χ0n) is 14.9. The summed E-state index contributed by atoms with van der Waals surface area (Å²) in [7, 11) is 0. The fraction of sp³-hybridized carbons (Fsp3) is 0. The molecule has 0 aliphatic carbocycles. The molecule has 0 radical (unpaired) electrons. The lowest BCUT2D eigenvalue weighted by atomic mass is 10.2. The predicted molar refractivity (Wildman–Crippen MR) is 118 cm³/mol. The predicted octanol–water partition coefficient (Wildman–Crippen LogP) is 4.98. The van der Waals surface area contributed by atoms with Gasteiger partial charge in [-0.2, -0.15) is 5.10 Å². The third kappa shape index (κ3) is 6.02. The van der Waals surface area contributed by atoms with Gasteiger partial charge in [0.25, 0.3) is 11.8 Å². The molecule has 1 heterocycles. The SMILES string of the molecule is O=C(N/N=C/c1ccc(Cl)cc1Cl)/C(=C\c1cccs1)NC(=O)c1ccccc1. The molecular weight excluding hydrogens is 429 g/mol. The Morgan fingerprint density at radius 1 is 1.00 bits per heavy atom. The summed E-state index contributed by atoms with van der Waals surface area (Å²) in [6.45, 7) is 0. The summed E-state index contributed by atoms with van der Waals surface area (Å²) in [5.41, 5.74) is 3.50. The molecule has 0 saturated heterocycles. The average molecular weight is 444 g/mol. The summed E-state index contributed by atoms with van der Waals surface area (Å²) in [5.74, 6) is -0.961. The quantitative estimate of drug-likeness (QED) is 0.320. The van der Waals surface area contributed by atoms with Crippen LogP contribution in [-0.4, -0.2) is 18.0 Å². The minimum atomic E-state index is -0.566. The summed E-state index contributed by atoms with van der Waals surface area (Å²) < 4.78 is 0. The fourth-order valence-corrected chi connectivity index (χ4v) is 3.40. The Labute approximate surface area is 181 Å². The molecule has 146 valence electrons. The summed E-state index contributed by atoms with van der Waals surface area (Å²) in [5, 5.41) is 9.34. The Morgan fingerprint density at radius 2 is 1.79 bits per heavy atom. The number of hydrogen-bond donors (Lipinski definition) is 2. The molecule has 5 nitrogen and oxygen atoms in total. The zero-order valence-corrected chi connectivity index (χ0v) is 17.3. The maximum absolute atomic E-state index is 12.6. The molecule has 2 aromatic carbocycles. The van der Waals surface area contributed by atoms with Gasteiger partial charge >= 0.3 is 0 Å². The third-order valence-electron chi connectivity index (χ3n) is 3.69. The maximum atomic E-state index is 12.6. The summed E-state index contributed by atoms with van der Waals surface area (Å²) in [6, 6.07) is 17.2. The lowest BCUT2D eigenvalue weighted by Gasteiger charge is -2.08. The van der Waals surface area contributed by atoms with Crippen molar-refractivity contribution in [2.45, 2.75) is 0 Å². The molecule has 0 spiro atoms. The van der Waals surface area contributed by atoms with Gasteiger partial charge in [-0.1, -0.05) is 53.5 Å². The monoisotopic (exact) mass is 443 g/mol. The molecule has 0 atom stereocenters. The van der Waals surface area contributed by atoms with Crippen LogP contribution in [0, 0.1) is 0 Å². The van der Waals surface area contributed by atoms with Gasteiger partial charge in [-0.15, -0.1) is 11.3 Å². The molecule has 8 heteroatoms. The Hall–Kier alpha value is -2.93. The van der Waals surface area contributed by atoms with Gasteiger partial charge < -0.3 is 5.32 Å². The van der Waals surface area contributed by atoms with E-state index in [-0.39, 0.29) is 5.70 Å². The van der Waals surface area contributed by atoms with Gasteiger partial charge in [0, 0.05) is 21.0 Å². The molecule has 0 unspecified atom stereocenters. The first kappa shape index (κ1) is 20.8. The molecule has 3 aromatic rings. The van der Waals surface area contributed by atoms with Gasteiger partial charge in [-0.25, -0.2) is 5.43 Å². The largest absolute Gasteiger partial charge is 0.317 e. The first-order valence-electron chi connectivity index (χ1n) is 8.43. The first-order chi connectivity index (χ1) is 14.0. The number of nitrogens with zero attached hydrogens (tertiary/aromatic N) is 1. The second-order valence-corrected chi connectivity index (χ2v) is 7.58. The second kappa shape index (κ2) is 10.0. The van der Waals surface area contributed by atoms with E-state index in [1.54, 1.807) is 48.5 Å². The topological polar surface area (TPSA) is 70.6 Å². The van der Waals surface area contributed by atoms with Crippen LogP contribution in [0.3, 0.4) is 0 Å². The number of nitrogens with one attached hydrogen (secondary N) is 2. The van der Waals surface area contributed by atoms with Crippen molar-refractivity contribution in [2.75, 3.05) is 0 Å². The Balaban J connectivity index is 1.76. The van der Waals surface area contributed by atoms with Crippen molar-refractivity contribution >= 4 is 58.6 Å². The Bertz CT molecular complexity index is 1060. The lowest BCUT2D eigenvalue weighted by Crippen LogP contribution is -2.32. The van der Waals surface area contributed by atoms with Crippen LogP contribution in [-0.2, 0) is 4.79 Å². The van der Waals surface area contributed by atoms with Crippen LogP contribution in [0.5, 0.6) is 0 Å². The van der Waals surface area contributed by atoms with Gasteiger partial charge in [0.2, 0.25) is 0 Å². The third-order valence-corrected chi connectivity index (χ3v) is 5.07. The average Bonchev–Trinajstić information content (AvgIpc) is 3.23. The summed E-state index contributed by atoms with van der Waals surface area (Å²) in [6.07, 6.45) is 2.99. The van der Waals surface area contributed by atoms with Gasteiger partial charge in [0.1, 0.15) is 5.70 Å². The van der Waals surface area contributed by atoms with E-state index in [4.69, 9.17) is 23.2 Å². The lowest BCUT2D eigenvalue weighted by molar-refractivity contribution is -0.117. The number of carbonyl (C=O) groups is 2. The van der Waals surface area contributed by atoms with Crippen molar-refractivity contribution in [3.05, 3.63) is 97.8 Å². The van der Waals surface area contributed by atoms with E-state index in [9.17, 15) is 9.59 Å². The normalized spacial score (nSPS) is 11.4. The van der Waals surface area contributed by atoms with Crippen molar-refractivity contribution in [1.29, 1.82) is 0 Å². The van der Waals surface area contributed by atoms with E-state index in [1.165, 1.54) is 17.6 Å². The maximum Gasteiger partial charge on any atom is 0.287 e. The highest BCUT2D eigenvalue weighted by atomic mass is 35.5. The van der Waals surface area contributed by atoms with Crippen LogP contribution in [0.15, 0.2) is 76.8 Å². The number of hydrogen-bond acceptors (Lipinski definition) is 4.